The fourth-order valence-electron chi connectivity index (χ4n) is 2.45. The van der Waals surface area contributed by atoms with Crippen LogP contribution in [0.3, 0.4) is 0 Å². The molecule has 5 heteroatoms. The van der Waals surface area contributed by atoms with Crippen LogP contribution >= 0.6 is 0 Å². The van der Waals surface area contributed by atoms with Crippen molar-refractivity contribution < 1.29 is 14.6 Å². The third kappa shape index (κ3) is 4.91. The van der Waals surface area contributed by atoms with Crippen molar-refractivity contribution in [2.75, 3.05) is 11.9 Å². The molecule has 1 heterocycles. The van der Waals surface area contributed by atoms with Crippen LogP contribution in [-0.2, 0) is 13.0 Å². The van der Waals surface area contributed by atoms with Crippen molar-refractivity contribution in [3.05, 3.63) is 89.6 Å². The van der Waals surface area contributed by atoms with Gasteiger partial charge in [-0.15, -0.1) is 0 Å². The number of ether oxygens (including phenoxy) is 1. The summed E-state index contributed by atoms with van der Waals surface area (Å²) in [4.78, 5) is 16.6. The van der Waals surface area contributed by atoms with E-state index in [1.165, 1.54) is 0 Å². The minimum atomic E-state index is -0.230. The summed E-state index contributed by atoms with van der Waals surface area (Å²) in [6.45, 7) is 0.500. The van der Waals surface area contributed by atoms with Gasteiger partial charge < -0.3 is 15.2 Å². The topological polar surface area (TPSA) is 71.5 Å². The van der Waals surface area contributed by atoms with Crippen LogP contribution in [0.2, 0.25) is 0 Å². The van der Waals surface area contributed by atoms with E-state index < -0.39 is 0 Å². The van der Waals surface area contributed by atoms with Crippen LogP contribution < -0.4 is 10.1 Å². The maximum atomic E-state index is 12.4. The Kier molecular flexibility index (Phi) is 5.96. The Balaban J connectivity index is 1.62. The van der Waals surface area contributed by atoms with Crippen molar-refractivity contribution in [3.63, 3.8) is 0 Å². The number of amides is 1. The first kappa shape index (κ1) is 17.6. The third-order valence-electron chi connectivity index (χ3n) is 3.84. The lowest BCUT2D eigenvalue weighted by Gasteiger charge is -2.08. The second kappa shape index (κ2) is 8.78. The number of nitrogens with zero attached hydrogens (tertiary/aromatic N) is 1. The molecule has 0 radical (unpaired) electrons. The minimum Gasteiger partial charge on any atom is -0.473 e. The molecule has 0 spiro atoms. The molecule has 0 fully saturated rings. The van der Waals surface area contributed by atoms with E-state index in [-0.39, 0.29) is 12.5 Å². The number of carbonyl (C=O) groups excluding carboxylic acids is 1. The van der Waals surface area contributed by atoms with Crippen molar-refractivity contribution in [3.8, 4) is 5.88 Å². The molecule has 26 heavy (non-hydrogen) atoms. The van der Waals surface area contributed by atoms with E-state index in [1.54, 1.807) is 18.3 Å². The molecule has 0 aliphatic carbocycles. The lowest BCUT2D eigenvalue weighted by atomic mass is 10.1. The summed E-state index contributed by atoms with van der Waals surface area (Å²) in [5.41, 5.74) is 3.22. The fourth-order valence-corrected chi connectivity index (χ4v) is 2.45. The molecular formula is C21H20N2O3. The molecule has 2 N–H and O–H groups in total. The zero-order valence-corrected chi connectivity index (χ0v) is 14.3. The van der Waals surface area contributed by atoms with Crippen LogP contribution in [0.4, 0.5) is 5.69 Å². The number of aliphatic hydroxyl groups is 1. The predicted octanol–water partition coefficient (Wildman–Crippen LogP) is 3.45. The van der Waals surface area contributed by atoms with Gasteiger partial charge in [0.25, 0.3) is 5.91 Å². The first-order chi connectivity index (χ1) is 12.7. The molecule has 1 amide bonds. The smallest absolute Gasteiger partial charge is 0.255 e. The van der Waals surface area contributed by atoms with E-state index in [0.29, 0.717) is 30.2 Å². The Hall–Kier alpha value is -3.18. The summed E-state index contributed by atoms with van der Waals surface area (Å²) in [5, 5.41) is 11.8. The van der Waals surface area contributed by atoms with Gasteiger partial charge in [-0.25, -0.2) is 4.98 Å². The van der Waals surface area contributed by atoms with E-state index in [2.05, 4.69) is 10.3 Å². The molecule has 3 aromatic rings. The Bertz CT molecular complexity index is 849. The van der Waals surface area contributed by atoms with Crippen LogP contribution in [0.1, 0.15) is 21.5 Å². The van der Waals surface area contributed by atoms with Gasteiger partial charge in [0.1, 0.15) is 6.61 Å². The van der Waals surface area contributed by atoms with Crippen molar-refractivity contribution in [2.24, 2.45) is 0 Å². The number of rotatable bonds is 7. The van der Waals surface area contributed by atoms with Gasteiger partial charge in [-0.2, -0.15) is 0 Å². The van der Waals surface area contributed by atoms with E-state index in [0.717, 1.165) is 11.1 Å². The molecule has 0 aliphatic rings. The van der Waals surface area contributed by atoms with Crippen LogP contribution in [0, 0.1) is 0 Å². The molecule has 0 unspecified atom stereocenters. The summed E-state index contributed by atoms with van der Waals surface area (Å²) in [6, 6.07) is 20.4. The number of pyridine rings is 1. The van der Waals surface area contributed by atoms with Crippen LogP contribution in [0.15, 0.2) is 72.9 Å². The van der Waals surface area contributed by atoms with Gasteiger partial charge in [0.05, 0.1) is 0 Å². The second-order valence-corrected chi connectivity index (χ2v) is 5.78. The van der Waals surface area contributed by atoms with Crippen LogP contribution in [0.25, 0.3) is 0 Å². The first-order valence-corrected chi connectivity index (χ1v) is 8.38. The molecule has 132 valence electrons. The average molecular weight is 348 g/mol. The molecule has 0 saturated heterocycles. The van der Waals surface area contributed by atoms with Gasteiger partial charge in [0.2, 0.25) is 5.88 Å². The molecule has 3 rings (SSSR count). The third-order valence-corrected chi connectivity index (χ3v) is 3.84. The fraction of sp³-hybridized carbons (Fsp3) is 0.143. The number of aromatic nitrogens is 1. The summed E-state index contributed by atoms with van der Waals surface area (Å²) < 4.78 is 5.66. The van der Waals surface area contributed by atoms with Crippen LogP contribution in [0.5, 0.6) is 5.88 Å². The first-order valence-electron chi connectivity index (χ1n) is 8.38. The molecular weight excluding hydrogens is 328 g/mol. The Labute approximate surface area is 152 Å². The molecule has 0 atom stereocenters. The van der Waals surface area contributed by atoms with E-state index in [4.69, 9.17) is 9.84 Å². The summed E-state index contributed by atoms with van der Waals surface area (Å²) >= 11 is 0. The number of nitrogens with one attached hydrogen (secondary N) is 1. The highest BCUT2D eigenvalue weighted by molar-refractivity contribution is 6.04. The highest BCUT2D eigenvalue weighted by atomic mass is 16.5. The van der Waals surface area contributed by atoms with E-state index >= 15 is 0 Å². The number of benzene rings is 2. The van der Waals surface area contributed by atoms with Crippen molar-refractivity contribution >= 4 is 11.6 Å². The van der Waals surface area contributed by atoms with Gasteiger partial charge in [0.15, 0.2) is 0 Å². The zero-order chi connectivity index (χ0) is 18.2. The number of aliphatic hydroxyl groups excluding tert-OH is 1. The van der Waals surface area contributed by atoms with Crippen molar-refractivity contribution in [2.45, 2.75) is 13.0 Å². The normalized spacial score (nSPS) is 10.3. The Morgan fingerprint density at radius 2 is 1.77 bits per heavy atom. The van der Waals surface area contributed by atoms with Gasteiger partial charge in [-0.05, 0) is 35.7 Å². The average Bonchev–Trinajstić information content (AvgIpc) is 2.69. The van der Waals surface area contributed by atoms with Gasteiger partial charge in [0, 0.05) is 30.1 Å². The molecule has 1 aromatic heterocycles. The maximum Gasteiger partial charge on any atom is 0.255 e. The minimum absolute atomic E-state index is 0.106. The Morgan fingerprint density at radius 1 is 1.00 bits per heavy atom. The largest absolute Gasteiger partial charge is 0.473 e. The molecule has 0 aliphatic heterocycles. The molecule has 0 saturated carbocycles. The van der Waals surface area contributed by atoms with Gasteiger partial charge >= 0.3 is 0 Å². The van der Waals surface area contributed by atoms with Crippen molar-refractivity contribution in [1.82, 2.24) is 4.98 Å². The zero-order valence-electron chi connectivity index (χ0n) is 14.3. The lowest BCUT2D eigenvalue weighted by molar-refractivity contribution is 0.102. The second-order valence-electron chi connectivity index (χ2n) is 5.78. The predicted molar refractivity (Wildman–Crippen MR) is 100 cm³/mol. The number of anilines is 1. The SMILES string of the molecule is O=C(Nc1ccc(CCO)cc1)c1ccnc(OCc2ccccc2)c1. The van der Waals surface area contributed by atoms with Crippen molar-refractivity contribution in [1.29, 1.82) is 0 Å². The molecule has 5 nitrogen and oxygen atoms in total. The Morgan fingerprint density at radius 3 is 2.50 bits per heavy atom. The molecule has 0 bridgehead atoms. The standard InChI is InChI=1S/C21H20N2O3/c24-13-11-16-6-8-19(9-7-16)23-21(25)18-10-12-22-20(14-18)26-15-17-4-2-1-3-5-17/h1-10,12,14,24H,11,13,15H2,(H,23,25). The summed E-state index contributed by atoms with van der Waals surface area (Å²) in [6.07, 6.45) is 2.15. The highest BCUT2D eigenvalue weighted by Crippen LogP contribution is 2.15. The van der Waals surface area contributed by atoms with E-state index in [1.807, 2.05) is 54.6 Å². The highest BCUT2D eigenvalue weighted by Gasteiger charge is 2.08. The summed E-state index contributed by atoms with van der Waals surface area (Å²) in [5.74, 6) is 0.173. The van der Waals surface area contributed by atoms with Crippen LogP contribution in [-0.4, -0.2) is 22.6 Å². The number of hydrogen-bond acceptors (Lipinski definition) is 4. The quantitative estimate of drug-likeness (QED) is 0.686. The van der Waals surface area contributed by atoms with E-state index in [9.17, 15) is 4.79 Å². The number of hydrogen-bond donors (Lipinski definition) is 2. The molecule has 2 aromatic carbocycles. The van der Waals surface area contributed by atoms with Gasteiger partial charge in [-0.3, -0.25) is 4.79 Å². The number of carbonyl (C=O) groups is 1. The lowest BCUT2D eigenvalue weighted by Crippen LogP contribution is -2.12. The monoisotopic (exact) mass is 348 g/mol. The summed E-state index contributed by atoms with van der Waals surface area (Å²) in [7, 11) is 0. The maximum absolute atomic E-state index is 12.4. The van der Waals surface area contributed by atoms with Gasteiger partial charge in [-0.1, -0.05) is 42.5 Å².